The molecule has 0 N–H and O–H groups in total. The van der Waals surface area contributed by atoms with Crippen molar-refractivity contribution in [3.05, 3.63) is 71.1 Å². The summed E-state index contributed by atoms with van der Waals surface area (Å²) in [7, 11) is 7.31. The maximum absolute atomic E-state index is 13.0. The van der Waals surface area contributed by atoms with E-state index < -0.39 is 17.9 Å². The van der Waals surface area contributed by atoms with Gasteiger partial charge in [0, 0.05) is 24.5 Å². The Hall–Kier alpha value is -4.14. The Kier molecular flexibility index (Phi) is 9.43. The van der Waals surface area contributed by atoms with E-state index in [2.05, 4.69) is 0 Å². The van der Waals surface area contributed by atoms with Gasteiger partial charge in [0.1, 0.15) is 0 Å². The Balaban J connectivity index is 2.05. The van der Waals surface area contributed by atoms with Crippen molar-refractivity contribution < 1.29 is 38.0 Å². The minimum atomic E-state index is -0.783. The first-order valence-corrected chi connectivity index (χ1v) is 11.8. The molecule has 0 saturated carbocycles. The monoisotopic (exact) mass is 511 g/mol. The number of hydrogen-bond donors (Lipinski definition) is 0. The van der Waals surface area contributed by atoms with Crippen LogP contribution >= 0.6 is 0 Å². The molecule has 9 nitrogen and oxygen atoms in total. The number of carbonyl (C=O) groups is 2. The van der Waals surface area contributed by atoms with Crippen LogP contribution in [0.5, 0.6) is 23.0 Å². The lowest BCUT2D eigenvalue weighted by molar-refractivity contribution is -0.137. The minimum Gasteiger partial charge on any atom is -0.493 e. The summed E-state index contributed by atoms with van der Waals surface area (Å²) in [4.78, 5) is 27.8. The molecular formula is C28H33NO8. The first-order valence-electron chi connectivity index (χ1n) is 11.8. The normalized spacial score (nSPS) is 13.3. The van der Waals surface area contributed by atoms with E-state index in [-0.39, 0.29) is 11.1 Å². The summed E-state index contributed by atoms with van der Waals surface area (Å²) >= 11 is 0. The van der Waals surface area contributed by atoms with Crippen LogP contribution in [0.1, 0.15) is 24.0 Å². The van der Waals surface area contributed by atoms with Crippen molar-refractivity contribution in [3.8, 4) is 23.0 Å². The average Bonchev–Trinajstić information content (AvgIpc) is 2.94. The van der Waals surface area contributed by atoms with E-state index >= 15 is 0 Å². The smallest absolute Gasteiger partial charge is 0.336 e. The quantitative estimate of drug-likeness (QED) is 0.417. The van der Waals surface area contributed by atoms with Gasteiger partial charge in [-0.3, -0.25) is 0 Å². The summed E-state index contributed by atoms with van der Waals surface area (Å²) in [6, 6.07) is 11.0. The first-order chi connectivity index (χ1) is 17.9. The Morgan fingerprint density at radius 2 is 1.43 bits per heavy atom. The molecule has 37 heavy (non-hydrogen) atoms. The average molecular weight is 512 g/mol. The summed E-state index contributed by atoms with van der Waals surface area (Å²) in [5.41, 5.74) is 2.13. The second-order valence-corrected chi connectivity index (χ2v) is 8.07. The topological polar surface area (TPSA) is 92.8 Å². The highest BCUT2D eigenvalue weighted by atomic mass is 16.5. The minimum absolute atomic E-state index is 0.270. The lowest BCUT2D eigenvalue weighted by Crippen LogP contribution is -2.30. The van der Waals surface area contributed by atoms with Gasteiger partial charge < -0.3 is 33.3 Å². The van der Waals surface area contributed by atoms with Gasteiger partial charge in [-0.05, 0) is 37.1 Å². The summed E-state index contributed by atoms with van der Waals surface area (Å²) in [6.07, 6.45) is 3.99. The molecule has 1 aliphatic heterocycles. The van der Waals surface area contributed by atoms with Crippen LogP contribution in [0.15, 0.2) is 59.9 Å². The van der Waals surface area contributed by atoms with Crippen molar-refractivity contribution in [2.24, 2.45) is 0 Å². The van der Waals surface area contributed by atoms with Gasteiger partial charge in [-0.2, -0.15) is 0 Å². The number of benzene rings is 2. The summed E-state index contributed by atoms with van der Waals surface area (Å²) in [6.45, 7) is 2.69. The van der Waals surface area contributed by atoms with Crippen LogP contribution < -0.4 is 18.9 Å². The zero-order valence-corrected chi connectivity index (χ0v) is 22.0. The van der Waals surface area contributed by atoms with E-state index in [1.165, 1.54) is 21.3 Å². The van der Waals surface area contributed by atoms with Crippen molar-refractivity contribution in [2.75, 3.05) is 48.7 Å². The van der Waals surface area contributed by atoms with Crippen molar-refractivity contribution in [2.45, 2.75) is 19.3 Å². The number of carbonyl (C=O) groups excluding carboxylic acids is 2. The molecule has 2 aromatic rings. The number of methoxy groups -OCH3 is 5. The van der Waals surface area contributed by atoms with Gasteiger partial charge in [0.05, 0.1) is 59.2 Å². The second kappa shape index (κ2) is 12.7. The van der Waals surface area contributed by atoms with Crippen LogP contribution in [0, 0.1) is 0 Å². The highest BCUT2D eigenvalue weighted by Gasteiger charge is 2.37. The Morgan fingerprint density at radius 3 is 1.97 bits per heavy atom. The van der Waals surface area contributed by atoms with Crippen molar-refractivity contribution in [1.82, 2.24) is 4.90 Å². The zero-order chi connectivity index (χ0) is 26.9. The van der Waals surface area contributed by atoms with E-state index in [1.54, 1.807) is 49.7 Å². The second-order valence-electron chi connectivity index (χ2n) is 8.07. The van der Waals surface area contributed by atoms with E-state index in [9.17, 15) is 9.59 Å². The van der Waals surface area contributed by atoms with Gasteiger partial charge in [-0.15, -0.1) is 0 Å². The molecule has 2 aromatic carbocycles. The molecule has 0 atom stereocenters. The number of nitrogens with zero attached hydrogens (tertiary/aromatic N) is 1. The molecule has 0 aliphatic carbocycles. The Labute approximate surface area is 217 Å². The van der Waals surface area contributed by atoms with E-state index in [4.69, 9.17) is 28.4 Å². The highest BCUT2D eigenvalue weighted by Crippen LogP contribution is 2.44. The Bertz CT molecular complexity index is 1150. The largest absolute Gasteiger partial charge is 0.493 e. The molecule has 1 heterocycles. The van der Waals surface area contributed by atoms with Gasteiger partial charge in [-0.25, -0.2) is 9.59 Å². The molecule has 0 bridgehead atoms. The van der Waals surface area contributed by atoms with Gasteiger partial charge in [0.2, 0.25) is 0 Å². The number of para-hydroxylation sites is 1. The van der Waals surface area contributed by atoms with E-state index in [1.807, 2.05) is 25.1 Å². The van der Waals surface area contributed by atoms with E-state index in [0.29, 0.717) is 48.1 Å². The molecule has 1 aliphatic rings. The lowest BCUT2D eigenvalue weighted by atomic mass is 9.82. The third-order valence-corrected chi connectivity index (χ3v) is 6.01. The van der Waals surface area contributed by atoms with Gasteiger partial charge >= 0.3 is 11.9 Å². The van der Waals surface area contributed by atoms with Crippen molar-refractivity contribution >= 4 is 11.9 Å². The maximum Gasteiger partial charge on any atom is 0.336 e. The summed E-state index contributed by atoms with van der Waals surface area (Å²) in [5.74, 6) is 0.271. The zero-order valence-electron chi connectivity index (χ0n) is 22.0. The molecule has 3 rings (SSSR count). The first kappa shape index (κ1) is 27.4. The predicted molar refractivity (Wildman–Crippen MR) is 137 cm³/mol. The molecular weight excluding hydrogens is 478 g/mol. The maximum atomic E-state index is 13.0. The van der Waals surface area contributed by atoms with Crippen molar-refractivity contribution in [1.29, 1.82) is 0 Å². The molecule has 0 saturated heterocycles. The van der Waals surface area contributed by atoms with Gasteiger partial charge in [-0.1, -0.05) is 18.2 Å². The SMILES string of the molecule is CCOc1c(OC)cccc1C1C(C(=O)OC)=CN(CCc2ccc(OC)c(OC)c2)C=C1C(=O)OC. The lowest BCUT2D eigenvalue weighted by Gasteiger charge is -2.31. The number of hydrogen-bond acceptors (Lipinski definition) is 9. The predicted octanol–water partition coefficient (Wildman–Crippen LogP) is 3.87. The third-order valence-electron chi connectivity index (χ3n) is 6.01. The van der Waals surface area contributed by atoms with Gasteiger partial charge in [0.25, 0.3) is 0 Å². The number of rotatable bonds is 11. The number of ether oxygens (including phenoxy) is 6. The molecule has 0 unspecified atom stereocenters. The van der Waals surface area contributed by atoms with Crippen LogP contribution in [-0.2, 0) is 25.5 Å². The summed E-state index contributed by atoms with van der Waals surface area (Å²) < 4.78 is 32.3. The van der Waals surface area contributed by atoms with Crippen LogP contribution in [-0.4, -0.2) is 65.5 Å². The standard InChI is InChI=1S/C28H33NO8/c1-7-37-26-19(9-8-10-23(26)33-3)25-20(27(30)35-5)16-29(17-21(25)28(31)36-6)14-13-18-11-12-22(32-2)24(15-18)34-4/h8-12,15-17,25H,7,13-14H2,1-6H3. The third kappa shape index (κ3) is 5.99. The molecule has 0 fully saturated rings. The fraction of sp³-hybridized carbons (Fsp3) is 0.357. The highest BCUT2D eigenvalue weighted by molar-refractivity contribution is 5.99. The van der Waals surface area contributed by atoms with Crippen LogP contribution in [0.4, 0.5) is 0 Å². The Morgan fingerprint density at radius 1 is 0.811 bits per heavy atom. The number of esters is 2. The van der Waals surface area contributed by atoms with Crippen LogP contribution in [0.2, 0.25) is 0 Å². The van der Waals surface area contributed by atoms with Crippen molar-refractivity contribution in [3.63, 3.8) is 0 Å². The molecule has 9 heteroatoms. The fourth-order valence-corrected chi connectivity index (χ4v) is 4.27. The molecule has 0 aromatic heterocycles. The molecule has 0 spiro atoms. The van der Waals surface area contributed by atoms with Crippen LogP contribution in [0.3, 0.4) is 0 Å². The molecule has 198 valence electrons. The fourth-order valence-electron chi connectivity index (χ4n) is 4.27. The summed E-state index contributed by atoms with van der Waals surface area (Å²) in [5, 5.41) is 0. The van der Waals surface area contributed by atoms with Gasteiger partial charge in [0.15, 0.2) is 23.0 Å². The van der Waals surface area contributed by atoms with E-state index in [0.717, 1.165) is 5.56 Å². The molecule has 0 radical (unpaired) electrons. The van der Waals surface area contributed by atoms with Crippen LogP contribution in [0.25, 0.3) is 0 Å². The molecule has 0 amide bonds.